The van der Waals surface area contributed by atoms with Crippen molar-refractivity contribution in [3.05, 3.63) is 35.8 Å². The first-order chi connectivity index (χ1) is 11.5. The van der Waals surface area contributed by atoms with E-state index in [1.165, 1.54) is 6.20 Å². The Morgan fingerprint density at radius 2 is 2.21 bits per heavy atom. The fourth-order valence-corrected chi connectivity index (χ4v) is 1.94. The number of hydrogen-bond acceptors (Lipinski definition) is 7. The average Bonchev–Trinajstić information content (AvgIpc) is 3.04. The molecule has 0 spiro atoms. The number of carbonyl (C=O) groups is 1. The first-order valence-electron chi connectivity index (χ1n) is 7.15. The van der Waals surface area contributed by atoms with E-state index in [2.05, 4.69) is 31.3 Å². The third-order valence-corrected chi connectivity index (χ3v) is 2.99. The molecule has 1 heterocycles. The van der Waals surface area contributed by atoms with Crippen LogP contribution in [0.15, 0.2) is 24.4 Å². The first-order valence-corrected chi connectivity index (χ1v) is 7.15. The SMILES string of the molecule is Cc1ccc(NC(=O)CN(C)C)c(NC=C(C#N)c2nn[nH]n2)c1. The molecule has 1 aromatic heterocycles. The first kappa shape index (κ1) is 17.1. The van der Waals surface area contributed by atoms with Crippen LogP contribution < -0.4 is 10.6 Å². The second-order valence-electron chi connectivity index (χ2n) is 5.38. The molecule has 3 N–H and O–H groups in total. The number of nitrogens with zero attached hydrogens (tertiary/aromatic N) is 5. The van der Waals surface area contributed by atoms with E-state index in [9.17, 15) is 10.1 Å². The Balaban J connectivity index is 2.21. The van der Waals surface area contributed by atoms with Crippen LogP contribution in [0.5, 0.6) is 0 Å². The van der Waals surface area contributed by atoms with Gasteiger partial charge >= 0.3 is 0 Å². The fourth-order valence-electron chi connectivity index (χ4n) is 1.94. The lowest BCUT2D eigenvalue weighted by atomic mass is 10.2. The van der Waals surface area contributed by atoms with Gasteiger partial charge in [0.25, 0.3) is 0 Å². The van der Waals surface area contributed by atoms with Crippen LogP contribution in [0.1, 0.15) is 11.4 Å². The summed E-state index contributed by atoms with van der Waals surface area (Å²) >= 11 is 0. The van der Waals surface area contributed by atoms with E-state index in [0.29, 0.717) is 11.4 Å². The molecule has 0 radical (unpaired) electrons. The minimum Gasteiger partial charge on any atom is -0.359 e. The van der Waals surface area contributed by atoms with Gasteiger partial charge in [0.05, 0.1) is 17.9 Å². The van der Waals surface area contributed by atoms with Gasteiger partial charge in [0.2, 0.25) is 11.7 Å². The van der Waals surface area contributed by atoms with Crippen molar-refractivity contribution in [1.82, 2.24) is 25.5 Å². The Morgan fingerprint density at radius 1 is 1.42 bits per heavy atom. The number of H-pyrrole nitrogens is 1. The highest BCUT2D eigenvalue weighted by Gasteiger charge is 2.09. The van der Waals surface area contributed by atoms with Gasteiger partial charge in [-0.3, -0.25) is 4.79 Å². The number of aryl methyl sites for hydroxylation is 1. The van der Waals surface area contributed by atoms with Gasteiger partial charge in [0.15, 0.2) is 0 Å². The molecule has 2 aromatic rings. The summed E-state index contributed by atoms with van der Waals surface area (Å²) in [5, 5.41) is 28.3. The summed E-state index contributed by atoms with van der Waals surface area (Å²) in [6.07, 6.45) is 1.47. The number of benzene rings is 1. The van der Waals surface area contributed by atoms with Crippen LogP contribution in [0.4, 0.5) is 11.4 Å². The summed E-state index contributed by atoms with van der Waals surface area (Å²) in [5.74, 6) is 0.0606. The van der Waals surface area contributed by atoms with Gasteiger partial charge in [-0.25, -0.2) is 0 Å². The molecule has 0 aliphatic carbocycles. The van der Waals surface area contributed by atoms with Gasteiger partial charge in [0.1, 0.15) is 11.6 Å². The monoisotopic (exact) mass is 326 g/mol. The van der Waals surface area contributed by atoms with Crippen LogP contribution in [0.3, 0.4) is 0 Å². The highest BCUT2D eigenvalue weighted by Crippen LogP contribution is 2.24. The number of aromatic amines is 1. The molecule has 0 aliphatic rings. The van der Waals surface area contributed by atoms with Gasteiger partial charge in [-0.15, -0.1) is 10.2 Å². The summed E-state index contributed by atoms with van der Waals surface area (Å²) in [5.41, 5.74) is 2.51. The molecule has 0 saturated carbocycles. The van der Waals surface area contributed by atoms with E-state index in [0.717, 1.165) is 5.56 Å². The van der Waals surface area contributed by atoms with Crippen molar-refractivity contribution in [2.75, 3.05) is 31.3 Å². The van der Waals surface area contributed by atoms with Crippen molar-refractivity contribution >= 4 is 22.9 Å². The van der Waals surface area contributed by atoms with E-state index in [1.807, 2.05) is 39.2 Å². The van der Waals surface area contributed by atoms with Crippen LogP contribution in [-0.2, 0) is 4.79 Å². The summed E-state index contributed by atoms with van der Waals surface area (Å²) in [6.45, 7) is 2.21. The summed E-state index contributed by atoms with van der Waals surface area (Å²) in [7, 11) is 3.64. The number of anilines is 2. The van der Waals surface area contributed by atoms with Gasteiger partial charge < -0.3 is 15.5 Å². The summed E-state index contributed by atoms with van der Waals surface area (Å²) in [4.78, 5) is 13.7. The highest BCUT2D eigenvalue weighted by molar-refractivity contribution is 5.95. The Kier molecular flexibility index (Phi) is 5.59. The zero-order valence-electron chi connectivity index (χ0n) is 13.7. The lowest BCUT2D eigenvalue weighted by Gasteiger charge is -2.14. The summed E-state index contributed by atoms with van der Waals surface area (Å²) in [6, 6.07) is 7.56. The van der Waals surface area contributed by atoms with Crippen molar-refractivity contribution in [3.8, 4) is 6.07 Å². The standard InChI is InChI=1S/C15H18N8O/c1-10-4-5-12(18-14(24)9-23(2)3)13(6-10)17-8-11(7-16)15-19-21-22-20-15/h4-6,8,17H,9H2,1-3H3,(H,18,24)(H,19,20,21,22). The third-order valence-electron chi connectivity index (χ3n) is 2.99. The number of allylic oxidation sites excluding steroid dienone is 1. The predicted octanol–water partition coefficient (Wildman–Crippen LogP) is 0.985. The van der Waals surface area contributed by atoms with Crippen LogP contribution in [-0.4, -0.2) is 52.1 Å². The molecule has 9 nitrogen and oxygen atoms in total. The molecule has 0 unspecified atom stereocenters. The van der Waals surface area contributed by atoms with Gasteiger partial charge in [-0.2, -0.15) is 10.5 Å². The normalized spacial score (nSPS) is 11.2. The van der Waals surface area contributed by atoms with Crippen molar-refractivity contribution in [2.45, 2.75) is 6.92 Å². The molecule has 0 aliphatic heterocycles. The molecule has 2 rings (SSSR count). The number of likely N-dealkylation sites (N-methyl/N-ethyl adjacent to an activating group) is 1. The van der Waals surface area contributed by atoms with Crippen molar-refractivity contribution in [1.29, 1.82) is 5.26 Å². The predicted molar refractivity (Wildman–Crippen MR) is 89.8 cm³/mol. The van der Waals surface area contributed by atoms with Gasteiger partial charge in [-0.05, 0) is 43.9 Å². The Labute approximate surface area is 139 Å². The maximum Gasteiger partial charge on any atom is 0.238 e. The quantitative estimate of drug-likeness (QED) is 0.676. The zero-order chi connectivity index (χ0) is 17.5. The molecule has 1 amide bonds. The maximum absolute atomic E-state index is 12.0. The van der Waals surface area contributed by atoms with Crippen LogP contribution in [0.2, 0.25) is 0 Å². The Hall–Kier alpha value is -3.25. The van der Waals surface area contributed by atoms with Crippen molar-refractivity contribution in [3.63, 3.8) is 0 Å². The van der Waals surface area contributed by atoms with Crippen LogP contribution in [0, 0.1) is 18.3 Å². The lowest BCUT2D eigenvalue weighted by Crippen LogP contribution is -2.27. The second-order valence-corrected chi connectivity index (χ2v) is 5.38. The van der Waals surface area contributed by atoms with Gasteiger partial charge in [-0.1, -0.05) is 6.07 Å². The molecular formula is C15H18N8O. The van der Waals surface area contributed by atoms with Crippen molar-refractivity contribution in [2.24, 2.45) is 0 Å². The zero-order valence-corrected chi connectivity index (χ0v) is 13.7. The Bertz CT molecular complexity index is 773. The number of nitrogens with one attached hydrogen (secondary N) is 3. The summed E-state index contributed by atoms with van der Waals surface area (Å²) < 4.78 is 0. The second kappa shape index (κ2) is 7.85. The molecule has 0 bridgehead atoms. The Morgan fingerprint density at radius 3 is 2.83 bits per heavy atom. The number of hydrogen-bond donors (Lipinski definition) is 3. The lowest BCUT2D eigenvalue weighted by molar-refractivity contribution is -0.116. The minimum absolute atomic E-state index is 0.130. The van der Waals surface area contributed by atoms with E-state index in [-0.39, 0.29) is 23.8 Å². The minimum atomic E-state index is -0.130. The smallest absolute Gasteiger partial charge is 0.238 e. The van der Waals surface area contributed by atoms with E-state index in [1.54, 1.807) is 11.0 Å². The van der Waals surface area contributed by atoms with Crippen LogP contribution >= 0.6 is 0 Å². The van der Waals surface area contributed by atoms with E-state index in [4.69, 9.17) is 0 Å². The number of tetrazole rings is 1. The van der Waals surface area contributed by atoms with Gasteiger partial charge in [0, 0.05) is 6.20 Å². The molecule has 0 saturated heterocycles. The molecule has 1 aromatic carbocycles. The fraction of sp³-hybridized carbons (Fsp3) is 0.267. The number of nitriles is 1. The molecule has 0 fully saturated rings. The average molecular weight is 326 g/mol. The van der Waals surface area contributed by atoms with Crippen LogP contribution in [0.25, 0.3) is 5.57 Å². The molecule has 0 atom stereocenters. The topological polar surface area (TPSA) is 123 Å². The molecule has 9 heteroatoms. The largest absolute Gasteiger partial charge is 0.359 e. The number of carbonyl (C=O) groups excluding carboxylic acids is 1. The van der Waals surface area contributed by atoms with E-state index >= 15 is 0 Å². The third kappa shape index (κ3) is 4.62. The number of amides is 1. The number of aromatic nitrogens is 4. The molecule has 124 valence electrons. The maximum atomic E-state index is 12.0. The van der Waals surface area contributed by atoms with E-state index < -0.39 is 0 Å². The number of rotatable bonds is 6. The van der Waals surface area contributed by atoms with Crippen molar-refractivity contribution < 1.29 is 4.79 Å². The molecular weight excluding hydrogens is 308 g/mol. The highest BCUT2D eigenvalue weighted by atomic mass is 16.2. The molecule has 24 heavy (non-hydrogen) atoms.